The zero-order valence-electron chi connectivity index (χ0n) is 14.3. The number of nitrogens with one attached hydrogen (secondary N) is 1. The fourth-order valence-electron chi connectivity index (χ4n) is 2.89. The third-order valence-electron chi connectivity index (χ3n) is 4.20. The number of hydrogen-bond acceptors (Lipinski definition) is 3. The first-order chi connectivity index (χ1) is 12.4. The highest BCUT2D eigenvalue weighted by Gasteiger charge is 2.15. The first kappa shape index (κ1) is 18.1. The number of para-hydroxylation sites is 1. The predicted octanol–water partition coefficient (Wildman–Crippen LogP) is 2.45. The fourth-order valence-corrected chi connectivity index (χ4v) is 4.04. The molecule has 0 fully saturated rings. The summed E-state index contributed by atoms with van der Waals surface area (Å²) < 4.78 is 39.2. The van der Waals surface area contributed by atoms with Gasteiger partial charge in [-0.15, -0.1) is 0 Å². The Labute approximate surface area is 151 Å². The lowest BCUT2D eigenvalue weighted by molar-refractivity contribution is -0.120. The summed E-state index contributed by atoms with van der Waals surface area (Å²) in [4.78, 5) is 12.2. The molecular weight excluding hydrogens is 355 g/mol. The summed E-state index contributed by atoms with van der Waals surface area (Å²) in [6.07, 6.45) is 2.08. The van der Waals surface area contributed by atoms with Crippen LogP contribution in [0.3, 0.4) is 0 Å². The van der Waals surface area contributed by atoms with Gasteiger partial charge in [-0.3, -0.25) is 4.79 Å². The number of aromatic nitrogens is 1. The van der Waals surface area contributed by atoms with E-state index < -0.39 is 15.7 Å². The lowest BCUT2D eigenvalue weighted by Crippen LogP contribution is -2.30. The molecule has 136 valence electrons. The minimum Gasteiger partial charge on any atom is -0.355 e. The first-order valence-corrected chi connectivity index (χ1v) is 9.80. The second-order valence-corrected chi connectivity index (χ2v) is 8.19. The van der Waals surface area contributed by atoms with Crippen LogP contribution in [0.4, 0.5) is 4.39 Å². The van der Waals surface area contributed by atoms with E-state index in [0.717, 1.165) is 28.6 Å². The van der Waals surface area contributed by atoms with Gasteiger partial charge >= 0.3 is 0 Å². The Morgan fingerprint density at radius 3 is 2.54 bits per heavy atom. The average Bonchev–Trinajstić information content (AvgIpc) is 2.91. The van der Waals surface area contributed by atoms with Crippen molar-refractivity contribution in [2.45, 2.75) is 11.3 Å². The van der Waals surface area contributed by atoms with E-state index in [4.69, 9.17) is 0 Å². The largest absolute Gasteiger partial charge is 0.355 e. The third-order valence-corrected chi connectivity index (χ3v) is 5.93. The molecule has 0 aliphatic heterocycles. The Kier molecular flexibility index (Phi) is 5.08. The number of hydrogen-bond donors (Lipinski definition) is 1. The topological polar surface area (TPSA) is 68.2 Å². The number of amides is 1. The van der Waals surface area contributed by atoms with Crippen molar-refractivity contribution in [3.63, 3.8) is 0 Å². The summed E-state index contributed by atoms with van der Waals surface area (Å²) in [5.41, 5.74) is 1.93. The Morgan fingerprint density at radius 1 is 1.12 bits per heavy atom. The van der Waals surface area contributed by atoms with Gasteiger partial charge in [-0.05, 0) is 35.9 Å². The zero-order chi connectivity index (χ0) is 18.7. The van der Waals surface area contributed by atoms with Crippen molar-refractivity contribution in [3.8, 4) is 0 Å². The van der Waals surface area contributed by atoms with E-state index >= 15 is 0 Å². The first-order valence-electron chi connectivity index (χ1n) is 8.15. The number of carbonyl (C=O) groups excluding carboxylic acids is 1. The highest BCUT2D eigenvalue weighted by Crippen LogP contribution is 2.20. The van der Waals surface area contributed by atoms with Gasteiger partial charge in [0, 0.05) is 30.7 Å². The molecule has 1 heterocycles. The molecule has 1 amide bonds. The Balaban J connectivity index is 1.59. The SMILES string of the molecule is Cn1cc(CC(=O)NCCS(=O)(=O)c2ccc(F)cc2)c2ccccc21. The number of nitrogens with zero attached hydrogens (tertiary/aromatic N) is 1. The minimum atomic E-state index is -3.56. The highest BCUT2D eigenvalue weighted by atomic mass is 32.2. The van der Waals surface area contributed by atoms with Gasteiger partial charge in [-0.1, -0.05) is 18.2 Å². The van der Waals surface area contributed by atoms with Gasteiger partial charge in [0.2, 0.25) is 5.91 Å². The number of halogens is 1. The van der Waals surface area contributed by atoms with E-state index in [2.05, 4.69) is 5.32 Å². The normalized spacial score (nSPS) is 11.6. The number of aryl methyl sites for hydroxylation is 1. The van der Waals surface area contributed by atoms with Crippen LogP contribution < -0.4 is 5.32 Å². The van der Waals surface area contributed by atoms with Gasteiger partial charge in [0.1, 0.15) is 5.82 Å². The van der Waals surface area contributed by atoms with Crippen molar-refractivity contribution in [2.75, 3.05) is 12.3 Å². The number of rotatable bonds is 6. The molecule has 5 nitrogen and oxygen atoms in total. The molecule has 26 heavy (non-hydrogen) atoms. The highest BCUT2D eigenvalue weighted by molar-refractivity contribution is 7.91. The van der Waals surface area contributed by atoms with Crippen LogP contribution in [0.1, 0.15) is 5.56 Å². The van der Waals surface area contributed by atoms with Crippen LogP contribution in [0.25, 0.3) is 10.9 Å². The molecule has 1 N–H and O–H groups in total. The molecule has 3 rings (SSSR count). The van der Waals surface area contributed by atoms with Crippen LogP contribution in [0.15, 0.2) is 59.6 Å². The number of sulfone groups is 1. The molecule has 0 radical (unpaired) electrons. The maximum absolute atomic E-state index is 12.9. The minimum absolute atomic E-state index is 0.00328. The monoisotopic (exact) mass is 374 g/mol. The van der Waals surface area contributed by atoms with Crippen molar-refractivity contribution in [1.82, 2.24) is 9.88 Å². The van der Waals surface area contributed by atoms with E-state index in [0.29, 0.717) is 0 Å². The summed E-state index contributed by atoms with van der Waals surface area (Å²) >= 11 is 0. The molecule has 0 bridgehead atoms. The van der Waals surface area contributed by atoms with E-state index in [-0.39, 0.29) is 29.5 Å². The molecule has 7 heteroatoms. The second kappa shape index (κ2) is 7.29. The quantitative estimate of drug-likeness (QED) is 0.674. The van der Waals surface area contributed by atoms with Crippen LogP contribution in [-0.4, -0.2) is 31.2 Å². The van der Waals surface area contributed by atoms with Gasteiger partial charge in [0.05, 0.1) is 17.1 Å². The molecule has 0 saturated heterocycles. The number of benzene rings is 2. The van der Waals surface area contributed by atoms with Gasteiger partial charge in [-0.25, -0.2) is 12.8 Å². The molecule has 0 aliphatic carbocycles. The van der Waals surface area contributed by atoms with Crippen LogP contribution in [-0.2, 0) is 28.1 Å². The maximum atomic E-state index is 12.9. The second-order valence-electron chi connectivity index (χ2n) is 6.08. The zero-order valence-corrected chi connectivity index (χ0v) is 15.1. The smallest absolute Gasteiger partial charge is 0.224 e. The summed E-state index contributed by atoms with van der Waals surface area (Å²) in [6.45, 7) is 0.00328. The van der Waals surface area contributed by atoms with Gasteiger partial charge in [-0.2, -0.15) is 0 Å². The predicted molar refractivity (Wildman–Crippen MR) is 98.1 cm³/mol. The van der Waals surface area contributed by atoms with Crippen LogP contribution in [0.5, 0.6) is 0 Å². The molecule has 0 atom stereocenters. The van der Waals surface area contributed by atoms with Crippen molar-refractivity contribution < 1.29 is 17.6 Å². The van der Waals surface area contributed by atoms with Gasteiger partial charge in [0.25, 0.3) is 0 Å². The van der Waals surface area contributed by atoms with E-state index in [1.54, 1.807) is 0 Å². The van der Waals surface area contributed by atoms with Crippen molar-refractivity contribution in [1.29, 1.82) is 0 Å². The molecule has 0 saturated carbocycles. The third kappa shape index (κ3) is 3.94. The Bertz CT molecular complexity index is 1040. The van der Waals surface area contributed by atoms with Crippen molar-refractivity contribution in [2.24, 2.45) is 7.05 Å². The maximum Gasteiger partial charge on any atom is 0.224 e. The summed E-state index contributed by atoms with van der Waals surface area (Å²) in [6, 6.07) is 12.4. The molecule has 0 spiro atoms. The van der Waals surface area contributed by atoms with Crippen LogP contribution in [0, 0.1) is 5.82 Å². The molecule has 0 aliphatic rings. The number of fused-ring (bicyclic) bond motifs is 1. The lowest BCUT2D eigenvalue weighted by atomic mass is 10.1. The molecule has 3 aromatic rings. The van der Waals surface area contributed by atoms with Crippen molar-refractivity contribution in [3.05, 3.63) is 66.1 Å². The average molecular weight is 374 g/mol. The van der Waals surface area contributed by atoms with Gasteiger partial charge < -0.3 is 9.88 Å². The fraction of sp³-hybridized carbons (Fsp3) is 0.211. The molecule has 1 aromatic heterocycles. The molecule has 0 unspecified atom stereocenters. The summed E-state index contributed by atoms with van der Waals surface area (Å²) in [5.74, 6) is -0.970. The molecular formula is C19H19FN2O3S. The van der Waals surface area contributed by atoms with Crippen LogP contribution in [0.2, 0.25) is 0 Å². The van der Waals surface area contributed by atoms with E-state index in [1.807, 2.05) is 42.1 Å². The van der Waals surface area contributed by atoms with Gasteiger partial charge in [0.15, 0.2) is 9.84 Å². The summed E-state index contributed by atoms with van der Waals surface area (Å²) in [7, 11) is -1.65. The molecule has 2 aromatic carbocycles. The van der Waals surface area contributed by atoms with E-state index in [9.17, 15) is 17.6 Å². The van der Waals surface area contributed by atoms with Crippen LogP contribution >= 0.6 is 0 Å². The number of carbonyl (C=O) groups is 1. The Hall–Kier alpha value is -2.67. The van der Waals surface area contributed by atoms with E-state index in [1.165, 1.54) is 12.1 Å². The Morgan fingerprint density at radius 2 is 1.81 bits per heavy atom. The standard InChI is InChI=1S/C19H19FN2O3S/c1-22-13-14(17-4-2-3-5-18(17)22)12-19(23)21-10-11-26(24,25)16-8-6-15(20)7-9-16/h2-9,13H,10-12H2,1H3,(H,21,23). The van der Waals surface area contributed by atoms with Crippen molar-refractivity contribution >= 4 is 26.6 Å². The summed E-state index contributed by atoms with van der Waals surface area (Å²) in [5, 5.41) is 3.64. The lowest BCUT2D eigenvalue weighted by Gasteiger charge is -2.06.